The van der Waals surface area contributed by atoms with Crippen molar-refractivity contribution in [1.82, 2.24) is 4.90 Å². The first-order valence-electron chi connectivity index (χ1n) is 7.93. The van der Waals surface area contributed by atoms with Gasteiger partial charge in [-0.2, -0.15) is 0 Å². The molecular weight excluding hydrogens is 339 g/mol. The van der Waals surface area contributed by atoms with Gasteiger partial charge >= 0.3 is 0 Å². The van der Waals surface area contributed by atoms with Crippen LogP contribution in [0, 0.1) is 5.82 Å². The minimum absolute atomic E-state index is 0.181. The van der Waals surface area contributed by atoms with Crippen LogP contribution < -0.4 is 0 Å². The second kappa shape index (κ2) is 6.72. The van der Waals surface area contributed by atoms with Gasteiger partial charge in [0, 0.05) is 17.7 Å². The lowest BCUT2D eigenvalue weighted by atomic mass is 10.2. The van der Waals surface area contributed by atoms with E-state index in [4.69, 9.17) is 4.42 Å². The van der Waals surface area contributed by atoms with Crippen molar-refractivity contribution in [3.63, 3.8) is 0 Å². The first-order chi connectivity index (χ1) is 12.2. The molecule has 0 saturated heterocycles. The van der Waals surface area contributed by atoms with E-state index in [2.05, 4.69) is 4.99 Å². The second-order valence-corrected chi connectivity index (χ2v) is 6.63. The summed E-state index contributed by atoms with van der Waals surface area (Å²) >= 11 is 1.47. The molecule has 0 radical (unpaired) electrons. The summed E-state index contributed by atoms with van der Waals surface area (Å²) < 4.78 is 18.6. The number of aliphatic imine (C=N–C) groups is 1. The predicted molar refractivity (Wildman–Crippen MR) is 97.2 cm³/mol. The van der Waals surface area contributed by atoms with Crippen molar-refractivity contribution in [3.05, 3.63) is 71.7 Å². The lowest BCUT2D eigenvalue weighted by molar-refractivity contribution is 0.0833. The molecule has 1 aromatic heterocycles. The van der Waals surface area contributed by atoms with Crippen LogP contribution in [0.25, 0.3) is 11.0 Å². The number of rotatable bonds is 3. The Morgan fingerprint density at radius 2 is 2.00 bits per heavy atom. The van der Waals surface area contributed by atoms with E-state index in [-0.39, 0.29) is 11.7 Å². The van der Waals surface area contributed by atoms with E-state index in [0.717, 1.165) is 10.9 Å². The zero-order valence-electron chi connectivity index (χ0n) is 13.3. The zero-order chi connectivity index (χ0) is 17.2. The van der Waals surface area contributed by atoms with Crippen LogP contribution in [0.15, 0.2) is 64.0 Å². The molecule has 0 bridgehead atoms. The van der Waals surface area contributed by atoms with E-state index >= 15 is 0 Å². The maximum atomic E-state index is 13.0. The number of fused-ring (bicyclic) bond motifs is 1. The fourth-order valence-electron chi connectivity index (χ4n) is 2.69. The van der Waals surface area contributed by atoms with Crippen molar-refractivity contribution < 1.29 is 13.6 Å². The molecule has 0 atom stereocenters. The standard InChI is InChI=1S/C19H15FN2O2S/c20-15-7-5-13(6-8-15)12-25-19-21-9-10-22(19)18(23)17-11-14-3-1-2-4-16(14)24-17/h1-8,11H,9-10,12H2. The molecule has 2 aromatic carbocycles. The highest BCUT2D eigenvalue weighted by atomic mass is 32.2. The molecule has 0 aliphatic carbocycles. The van der Waals surface area contributed by atoms with E-state index in [1.165, 1.54) is 23.9 Å². The molecule has 25 heavy (non-hydrogen) atoms. The molecule has 1 aliphatic rings. The van der Waals surface area contributed by atoms with Crippen molar-refractivity contribution in [1.29, 1.82) is 0 Å². The number of thioether (sulfide) groups is 1. The topological polar surface area (TPSA) is 45.8 Å². The van der Waals surface area contributed by atoms with Crippen LogP contribution in [-0.4, -0.2) is 29.1 Å². The number of hydrogen-bond acceptors (Lipinski definition) is 4. The molecule has 0 saturated carbocycles. The highest BCUT2D eigenvalue weighted by Crippen LogP contribution is 2.24. The quantitative estimate of drug-likeness (QED) is 0.704. The lowest BCUT2D eigenvalue weighted by Gasteiger charge is -2.16. The fourth-order valence-corrected chi connectivity index (χ4v) is 3.69. The molecule has 4 nitrogen and oxygen atoms in total. The van der Waals surface area contributed by atoms with Crippen molar-refractivity contribution in [2.45, 2.75) is 5.75 Å². The van der Waals surface area contributed by atoms with Gasteiger partial charge in [0.1, 0.15) is 11.4 Å². The number of para-hydroxylation sites is 1. The molecule has 0 unspecified atom stereocenters. The molecule has 3 aromatic rings. The number of nitrogens with zero attached hydrogens (tertiary/aromatic N) is 2. The Bertz CT molecular complexity index is 916. The van der Waals surface area contributed by atoms with Gasteiger partial charge in [-0.05, 0) is 29.8 Å². The van der Waals surface area contributed by atoms with Crippen LogP contribution in [0.4, 0.5) is 4.39 Å². The fraction of sp³-hybridized carbons (Fsp3) is 0.158. The van der Waals surface area contributed by atoms with E-state index in [9.17, 15) is 9.18 Å². The summed E-state index contributed by atoms with van der Waals surface area (Å²) in [7, 11) is 0. The average Bonchev–Trinajstić information content (AvgIpc) is 3.27. The van der Waals surface area contributed by atoms with Gasteiger partial charge in [0.2, 0.25) is 0 Å². The molecule has 4 rings (SSSR count). The molecule has 2 heterocycles. The Labute approximate surface area is 148 Å². The van der Waals surface area contributed by atoms with Gasteiger partial charge < -0.3 is 4.42 Å². The predicted octanol–water partition coefficient (Wildman–Crippen LogP) is 4.32. The van der Waals surface area contributed by atoms with Crippen LogP contribution in [0.5, 0.6) is 0 Å². The van der Waals surface area contributed by atoms with Crippen LogP contribution >= 0.6 is 11.8 Å². The molecule has 0 spiro atoms. The van der Waals surface area contributed by atoms with Gasteiger partial charge in [0.15, 0.2) is 10.9 Å². The second-order valence-electron chi connectivity index (χ2n) is 5.68. The van der Waals surface area contributed by atoms with Crippen molar-refractivity contribution in [2.24, 2.45) is 4.99 Å². The number of carbonyl (C=O) groups is 1. The van der Waals surface area contributed by atoms with Gasteiger partial charge in [-0.25, -0.2) is 4.39 Å². The number of benzene rings is 2. The molecular formula is C19H15FN2O2S. The average molecular weight is 354 g/mol. The van der Waals surface area contributed by atoms with Crippen LogP contribution in [-0.2, 0) is 5.75 Å². The summed E-state index contributed by atoms with van der Waals surface area (Å²) in [6.45, 7) is 1.12. The van der Waals surface area contributed by atoms with Gasteiger partial charge in [-0.15, -0.1) is 0 Å². The monoisotopic (exact) mass is 354 g/mol. The minimum Gasteiger partial charge on any atom is -0.451 e. The summed E-state index contributed by atoms with van der Waals surface area (Å²) in [4.78, 5) is 18.8. The third kappa shape index (κ3) is 3.30. The van der Waals surface area contributed by atoms with Crippen LogP contribution in [0.1, 0.15) is 16.1 Å². The number of amides is 1. The van der Waals surface area contributed by atoms with Gasteiger partial charge in [0.05, 0.1) is 6.54 Å². The van der Waals surface area contributed by atoms with E-state index in [1.54, 1.807) is 23.1 Å². The molecule has 0 fully saturated rings. The summed E-state index contributed by atoms with van der Waals surface area (Å²) in [5.41, 5.74) is 1.68. The highest BCUT2D eigenvalue weighted by Gasteiger charge is 2.27. The van der Waals surface area contributed by atoms with Crippen LogP contribution in [0.3, 0.4) is 0 Å². The molecule has 1 amide bonds. The van der Waals surface area contributed by atoms with Crippen molar-refractivity contribution in [2.75, 3.05) is 13.1 Å². The van der Waals surface area contributed by atoms with Crippen molar-refractivity contribution >= 4 is 33.8 Å². The molecule has 126 valence electrons. The molecule has 0 N–H and O–H groups in total. The maximum absolute atomic E-state index is 13.0. The normalized spacial score (nSPS) is 14.1. The van der Waals surface area contributed by atoms with Gasteiger partial charge in [-0.3, -0.25) is 14.7 Å². The van der Waals surface area contributed by atoms with Crippen LogP contribution in [0.2, 0.25) is 0 Å². The molecule has 1 aliphatic heterocycles. The molecule has 6 heteroatoms. The summed E-state index contributed by atoms with van der Waals surface area (Å²) in [5, 5.41) is 1.58. The van der Waals surface area contributed by atoms with Gasteiger partial charge in [-0.1, -0.05) is 42.1 Å². The SMILES string of the molecule is O=C(c1cc2ccccc2o1)N1CCN=C1SCc1ccc(F)cc1. The first-order valence-corrected chi connectivity index (χ1v) is 8.91. The Morgan fingerprint density at radius 1 is 1.20 bits per heavy atom. The number of hydrogen-bond donors (Lipinski definition) is 0. The Hall–Kier alpha value is -2.60. The van der Waals surface area contributed by atoms with E-state index in [0.29, 0.717) is 35.4 Å². The zero-order valence-corrected chi connectivity index (χ0v) is 14.1. The van der Waals surface area contributed by atoms with E-state index < -0.39 is 0 Å². The smallest absolute Gasteiger partial charge is 0.295 e. The Kier molecular flexibility index (Phi) is 4.28. The number of amidine groups is 1. The third-order valence-corrected chi connectivity index (χ3v) is 5.05. The van der Waals surface area contributed by atoms with Crippen molar-refractivity contribution in [3.8, 4) is 0 Å². The number of furan rings is 1. The third-order valence-electron chi connectivity index (χ3n) is 3.96. The highest BCUT2D eigenvalue weighted by molar-refractivity contribution is 8.13. The maximum Gasteiger partial charge on any atom is 0.295 e. The summed E-state index contributed by atoms with van der Waals surface area (Å²) in [6, 6.07) is 15.7. The largest absolute Gasteiger partial charge is 0.451 e. The van der Waals surface area contributed by atoms with Gasteiger partial charge in [0.25, 0.3) is 5.91 Å². The summed E-state index contributed by atoms with van der Waals surface area (Å²) in [6.07, 6.45) is 0. The Balaban J connectivity index is 1.48. The minimum atomic E-state index is -0.256. The number of halogens is 1. The number of carbonyl (C=O) groups excluding carboxylic acids is 1. The Morgan fingerprint density at radius 3 is 2.80 bits per heavy atom. The summed E-state index contributed by atoms with van der Waals surface area (Å²) in [5.74, 6) is 0.508. The van der Waals surface area contributed by atoms with E-state index in [1.807, 2.05) is 24.3 Å². The first kappa shape index (κ1) is 15.9. The lowest BCUT2D eigenvalue weighted by Crippen LogP contribution is -2.32.